The molecule has 1 aromatic carbocycles. The molecular formula is C17H21N3O3. The summed E-state index contributed by atoms with van der Waals surface area (Å²) >= 11 is 0. The van der Waals surface area contributed by atoms with Gasteiger partial charge in [-0.15, -0.1) is 0 Å². The van der Waals surface area contributed by atoms with Gasteiger partial charge in [0.05, 0.1) is 22.2 Å². The lowest BCUT2D eigenvalue weighted by atomic mass is 9.73. The molecule has 0 aliphatic carbocycles. The Labute approximate surface area is 135 Å². The number of nitrogens with one attached hydrogen (secondary N) is 2. The normalized spacial score (nSPS) is 26.1. The molecule has 1 fully saturated rings. The van der Waals surface area contributed by atoms with Crippen molar-refractivity contribution in [1.82, 2.24) is 10.2 Å². The summed E-state index contributed by atoms with van der Waals surface area (Å²) in [5.41, 5.74) is -0.0106. The number of fused-ring (bicyclic) bond motifs is 1. The summed E-state index contributed by atoms with van der Waals surface area (Å²) in [4.78, 5) is 39.0. The Balaban J connectivity index is 2.11. The van der Waals surface area contributed by atoms with E-state index in [-0.39, 0.29) is 17.7 Å². The number of carbonyl (C=O) groups is 3. The summed E-state index contributed by atoms with van der Waals surface area (Å²) in [5.74, 6) is -0.657. The van der Waals surface area contributed by atoms with E-state index in [0.29, 0.717) is 29.7 Å². The maximum atomic E-state index is 13.0. The standard InChI is InChI=1S/C17H21N3O3/c1-16(2)17(3,9-8-12(21)19-16)20-14(22)10-6-5-7-11(18-4)13(10)15(20)23/h5-7,18H,8-9H2,1-4H3,(H,19,21). The van der Waals surface area contributed by atoms with Gasteiger partial charge in [0.15, 0.2) is 0 Å². The van der Waals surface area contributed by atoms with Gasteiger partial charge in [-0.05, 0) is 39.3 Å². The maximum absolute atomic E-state index is 13.0. The van der Waals surface area contributed by atoms with Crippen molar-refractivity contribution in [3.63, 3.8) is 0 Å². The van der Waals surface area contributed by atoms with E-state index in [1.165, 1.54) is 4.90 Å². The van der Waals surface area contributed by atoms with Crippen molar-refractivity contribution in [1.29, 1.82) is 0 Å². The first-order valence-electron chi connectivity index (χ1n) is 7.73. The van der Waals surface area contributed by atoms with Crippen LogP contribution in [0.25, 0.3) is 0 Å². The molecule has 0 bridgehead atoms. The van der Waals surface area contributed by atoms with Crippen LogP contribution >= 0.6 is 0 Å². The van der Waals surface area contributed by atoms with E-state index in [1.54, 1.807) is 25.2 Å². The first kappa shape index (κ1) is 15.5. The van der Waals surface area contributed by atoms with Crippen molar-refractivity contribution < 1.29 is 14.4 Å². The topological polar surface area (TPSA) is 78.5 Å². The Morgan fingerprint density at radius 2 is 1.83 bits per heavy atom. The number of amides is 3. The minimum absolute atomic E-state index is 0.0556. The van der Waals surface area contributed by atoms with Gasteiger partial charge in [-0.2, -0.15) is 0 Å². The number of carbonyl (C=O) groups excluding carboxylic acids is 3. The average molecular weight is 315 g/mol. The second-order valence-corrected chi connectivity index (χ2v) is 6.87. The average Bonchev–Trinajstić information content (AvgIpc) is 2.75. The largest absolute Gasteiger partial charge is 0.387 e. The van der Waals surface area contributed by atoms with E-state index >= 15 is 0 Å². The highest BCUT2D eigenvalue weighted by Gasteiger charge is 2.56. The third kappa shape index (κ3) is 1.97. The molecule has 1 aromatic rings. The highest BCUT2D eigenvalue weighted by molar-refractivity contribution is 6.24. The number of imide groups is 1. The van der Waals surface area contributed by atoms with Crippen molar-refractivity contribution in [2.24, 2.45) is 0 Å². The summed E-state index contributed by atoms with van der Waals surface area (Å²) in [6, 6.07) is 5.22. The van der Waals surface area contributed by atoms with E-state index in [9.17, 15) is 14.4 Å². The number of hydrogen-bond acceptors (Lipinski definition) is 4. The SMILES string of the molecule is CNc1cccc2c1C(=O)N(C1(C)CCC(=O)NC1(C)C)C2=O. The first-order chi connectivity index (χ1) is 10.7. The number of benzene rings is 1. The molecule has 1 unspecified atom stereocenters. The van der Waals surface area contributed by atoms with Gasteiger partial charge in [0.2, 0.25) is 5.91 Å². The van der Waals surface area contributed by atoms with E-state index in [4.69, 9.17) is 0 Å². The number of hydrogen-bond donors (Lipinski definition) is 2. The zero-order valence-electron chi connectivity index (χ0n) is 13.8. The van der Waals surface area contributed by atoms with Crippen LogP contribution in [0.1, 0.15) is 54.3 Å². The second kappa shape index (κ2) is 4.81. The fourth-order valence-corrected chi connectivity index (χ4v) is 3.55. The van der Waals surface area contributed by atoms with Crippen molar-refractivity contribution >= 4 is 23.4 Å². The van der Waals surface area contributed by atoms with Crippen molar-refractivity contribution in [3.05, 3.63) is 29.3 Å². The van der Waals surface area contributed by atoms with Gasteiger partial charge in [0.25, 0.3) is 11.8 Å². The Morgan fingerprint density at radius 1 is 1.13 bits per heavy atom. The van der Waals surface area contributed by atoms with E-state index in [2.05, 4.69) is 10.6 Å². The van der Waals surface area contributed by atoms with Crippen LogP contribution in [-0.2, 0) is 4.79 Å². The predicted octanol–water partition coefficient (Wildman–Crippen LogP) is 1.77. The molecule has 3 rings (SSSR count). The number of rotatable bonds is 2. The molecule has 122 valence electrons. The molecule has 3 amide bonds. The van der Waals surface area contributed by atoms with Gasteiger partial charge < -0.3 is 10.6 Å². The van der Waals surface area contributed by atoms with Crippen LogP contribution in [0.2, 0.25) is 0 Å². The second-order valence-electron chi connectivity index (χ2n) is 6.87. The molecule has 2 heterocycles. The Morgan fingerprint density at radius 3 is 2.43 bits per heavy atom. The van der Waals surface area contributed by atoms with Gasteiger partial charge in [-0.1, -0.05) is 6.07 Å². The first-order valence-corrected chi connectivity index (χ1v) is 7.73. The zero-order chi connectivity index (χ0) is 17.0. The summed E-state index contributed by atoms with van der Waals surface area (Å²) < 4.78 is 0. The fraction of sp³-hybridized carbons (Fsp3) is 0.471. The highest BCUT2D eigenvalue weighted by Crippen LogP contribution is 2.42. The van der Waals surface area contributed by atoms with Crippen LogP contribution in [0.4, 0.5) is 5.69 Å². The molecule has 0 radical (unpaired) electrons. The van der Waals surface area contributed by atoms with Crippen LogP contribution < -0.4 is 10.6 Å². The molecule has 23 heavy (non-hydrogen) atoms. The molecule has 2 N–H and O–H groups in total. The van der Waals surface area contributed by atoms with Crippen molar-refractivity contribution in [2.45, 2.75) is 44.7 Å². The monoisotopic (exact) mass is 315 g/mol. The summed E-state index contributed by atoms with van der Waals surface area (Å²) in [6.45, 7) is 5.58. The Bertz CT molecular complexity index is 726. The third-order valence-corrected chi connectivity index (χ3v) is 5.32. The molecule has 6 nitrogen and oxygen atoms in total. The molecule has 1 atom stereocenters. The summed E-state index contributed by atoms with van der Waals surface area (Å²) in [7, 11) is 1.72. The third-order valence-electron chi connectivity index (χ3n) is 5.32. The molecule has 0 aromatic heterocycles. The Kier molecular flexibility index (Phi) is 3.25. The van der Waals surface area contributed by atoms with Crippen molar-refractivity contribution in [2.75, 3.05) is 12.4 Å². The van der Waals surface area contributed by atoms with Gasteiger partial charge in [0.1, 0.15) is 0 Å². The molecule has 2 aliphatic heterocycles. The molecule has 0 spiro atoms. The summed E-state index contributed by atoms with van der Waals surface area (Å²) in [6.07, 6.45) is 0.748. The lowest BCUT2D eigenvalue weighted by Gasteiger charge is -2.52. The summed E-state index contributed by atoms with van der Waals surface area (Å²) in [5, 5.41) is 5.89. The minimum atomic E-state index is -0.779. The molecule has 0 saturated carbocycles. The molecule has 6 heteroatoms. The number of nitrogens with zero attached hydrogens (tertiary/aromatic N) is 1. The van der Waals surface area contributed by atoms with Gasteiger partial charge >= 0.3 is 0 Å². The van der Waals surface area contributed by atoms with Gasteiger partial charge in [0, 0.05) is 19.2 Å². The predicted molar refractivity (Wildman–Crippen MR) is 86.3 cm³/mol. The highest BCUT2D eigenvalue weighted by atomic mass is 16.2. The van der Waals surface area contributed by atoms with Crippen LogP contribution in [-0.4, -0.2) is 40.7 Å². The maximum Gasteiger partial charge on any atom is 0.264 e. The fourth-order valence-electron chi connectivity index (χ4n) is 3.55. The van der Waals surface area contributed by atoms with Crippen LogP contribution in [0.3, 0.4) is 0 Å². The van der Waals surface area contributed by atoms with Crippen LogP contribution in [0, 0.1) is 0 Å². The van der Waals surface area contributed by atoms with E-state index in [0.717, 1.165) is 0 Å². The van der Waals surface area contributed by atoms with E-state index in [1.807, 2.05) is 20.8 Å². The number of piperidine rings is 1. The minimum Gasteiger partial charge on any atom is -0.387 e. The Hall–Kier alpha value is -2.37. The molecule has 2 aliphatic rings. The molecule has 1 saturated heterocycles. The lowest BCUT2D eigenvalue weighted by molar-refractivity contribution is -0.128. The smallest absolute Gasteiger partial charge is 0.264 e. The van der Waals surface area contributed by atoms with Crippen LogP contribution in [0.5, 0.6) is 0 Å². The van der Waals surface area contributed by atoms with Gasteiger partial charge in [-0.25, -0.2) is 0 Å². The van der Waals surface area contributed by atoms with Gasteiger partial charge in [-0.3, -0.25) is 19.3 Å². The number of anilines is 1. The van der Waals surface area contributed by atoms with Crippen LogP contribution in [0.15, 0.2) is 18.2 Å². The molecular weight excluding hydrogens is 294 g/mol. The zero-order valence-corrected chi connectivity index (χ0v) is 13.8. The quantitative estimate of drug-likeness (QED) is 0.815. The lowest BCUT2D eigenvalue weighted by Crippen LogP contribution is -2.70. The van der Waals surface area contributed by atoms with Crippen molar-refractivity contribution in [3.8, 4) is 0 Å². The van der Waals surface area contributed by atoms with E-state index < -0.39 is 11.1 Å².